The molecule has 1 aromatic rings. The number of hydrogen-bond acceptors (Lipinski definition) is 6. The predicted molar refractivity (Wildman–Crippen MR) is 142 cm³/mol. The zero-order valence-electron chi connectivity index (χ0n) is 22.3. The Morgan fingerprint density at radius 3 is 2.09 bits per heavy atom. The van der Waals surface area contributed by atoms with Gasteiger partial charge < -0.3 is 25.4 Å². The highest BCUT2D eigenvalue weighted by atomic mass is 32.1. The molecule has 3 atom stereocenters. The first-order valence-electron chi connectivity index (χ1n) is 12.2. The Morgan fingerprint density at radius 2 is 1.63 bits per heavy atom. The van der Waals surface area contributed by atoms with Gasteiger partial charge in [0.1, 0.15) is 23.4 Å². The van der Waals surface area contributed by atoms with Crippen LogP contribution in [0, 0.1) is 0 Å². The van der Waals surface area contributed by atoms with Crippen LogP contribution in [-0.2, 0) is 14.3 Å². The molecule has 8 nitrogen and oxygen atoms in total. The number of phenolic OH excluding ortho intramolecular Hbond substituents is 1. The minimum absolute atomic E-state index is 0.0184. The molecule has 0 aliphatic heterocycles. The van der Waals surface area contributed by atoms with Crippen LogP contribution in [0.2, 0.25) is 0 Å². The number of phenols is 1. The Kier molecular flexibility index (Phi) is 11.4. The van der Waals surface area contributed by atoms with Crippen LogP contribution in [-0.4, -0.2) is 56.9 Å². The molecule has 9 heteroatoms. The molecule has 0 radical (unpaired) electrons. The number of nitrogens with one attached hydrogen (secondary N) is 2. The van der Waals surface area contributed by atoms with Gasteiger partial charge in [-0.2, -0.15) is 12.6 Å². The zero-order valence-corrected chi connectivity index (χ0v) is 23.2. The minimum atomic E-state index is -1.01. The van der Waals surface area contributed by atoms with Gasteiger partial charge in [0.15, 0.2) is 0 Å². The van der Waals surface area contributed by atoms with Crippen LogP contribution in [0.4, 0.5) is 4.79 Å². The lowest BCUT2D eigenvalue weighted by Crippen LogP contribution is -2.60. The smallest absolute Gasteiger partial charge is 0.408 e. The van der Waals surface area contributed by atoms with Crippen LogP contribution in [0.15, 0.2) is 24.3 Å². The molecule has 0 aliphatic carbocycles. The summed E-state index contributed by atoms with van der Waals surface area (Å²) in [5.74, 6) is -0.708. The highest BCUT2D eigenvalue weighted by Gasteiger charge is 2.43. The molecule has 0 heterocycles. The summed E-state index contributed by atoms with van der Waals surface area (Å²) in [5.41, 5.74) is -0.934. The van der Waals surface area contributed by atoms with Crippen LogP contribution in [0.1, 0.15) is 86.3 Å². The molecule has 0 spiro atoms. The first-order chi connectivity index (χ1) is 16.2. The number of thiol groups is 1. The van der Waals surface area contributed by atoms with E-state index in [0.717, 1.165) is 12.8 Å². The average molecular weight is 510 g/mol. The van der Waals surface area contributed by atoms with Crippen LogP contribution < -0.4 is 10.6 Å². The lowest BCUT2D eigenvalue weighted by Gasteiger charge is -2.44. The van der Waals surface area contributed by atoms with Gasteiger partial charge in [-0.15, -0.1) is 0 Å². The van der Waals surface area contributed by atoms with E-state index < -0.39 is 35.2 Å². The van der Waals surface area contributed by atoms with Crippen LogP contribution >= 0.6 is 12.6 Å². The van der Waals surface area contributed by atoms with Crippen LogP contribution in [0.25, 0.3) is 0 Å². The molecule has 0 aromatic heterocycles. The second-order valence-corrected chi connectivity index (χ2v) is 10.8. The average Bonchev–Trinajstić information content (AvgIpc) is 2.74. The Morgan fingerprint density at radius 1 is 1.06 bits per heavy atom. The third kappa shape index (κ3) is 9.28. The fraction of sp³-hybridized carbons (Fsp3) is 0.654. The third-order valence-electron chi connectivity index (χ3n) is 5.75. The molecule has 3 amide bonds. The Hall–Kier alpha value is -2.42. The lowest BCUT2D eigenvalue weighted by molar-refractivity contribution is -0.149. The van der Waals surface area contributed by atoms with Crippen molar-refractivity contribution in [3.8, 4) is 5.75 Å². The largest absolute Gasteiger partial charge is 0.508 e. The zero-order chi connectivity index (χ0) is 27.0. The van der Waals surface area contributed by atoms with Crippen molar-refractivity contribution in [1.82, 2.24) is 15.5 Å². The molecule has 1 rings (SSSR count). The Labute approximate surface area is 215 Å². The van der Waals surface area contributed by atoms with Gasteiger partial charge in [0.05, 0.1) is 0 Å². The highest BCUT2D eigenvalue weighted by Crippen LogP contribution is 2.33. The number of nitrogens with zero attached hydrogens (tertiary/aromatic N) is 1. The lowest BCUT2D eigenvalue weighted by atomic mass is 9.92. The SMILES string of the molecule is CCCC(C)NC(=O)C(c1ccc(O)cc1)N(C(=O)C(CS)NC(=O)OC(C)(C)C)C(C)(C)CC. The molecule has 0 saturated carbocycles. The van der Waals surface area contributed by atoms with Gasteiger partial charge in [0.25, 0.3) is 0 Å². The van der Waals surface area contributed by atoms with Crippen molar-refractivity contribution in [1.29, 1.82) is 0 Å². The van der Waals surface area contributed by atoms with E-state index in [-0.39, 0.29) is 23.5 Å². The van der Waals surface area contributed by atoms with Crippen molar-refractivity contribution in [2.24, 2.45) is 0 Å². The number of ether oxygens (including phenoxy) is 1. The molecule has 0 aliphatic rings. The summed E-state index contributed by atoms with van der Waals surface area (Å²) in [7, 11) is 0. The van der Waals surface area contributed by atoms with E-state index in [0.29, 0.717) is 12.0 Å². The van der Waals surface area contributed by atoms with Crippen molar-refractivity contribution in [2.45, 2.75) is 104 Å². The number of carbonyl (C=O) groups excluding carboxylic acids is 3. The molecule has 35 heavy (non-hydrogen) atoms. The van der Waals surface area contributed by atoms with E-state index in [9.17, 15) is 19.5 Å². The van der Waals surface area contributed by atoms with Crippen LogP contribution in [0.5, 0.6) is 5.75 Å². The van der Waals surface area contributed by atoms with Crippen molar-refractivity contribution in [3.05, 3.63) is 29.8 Å². The van der Waals surface area contributed by atoms with E-state index in [1.165, 1.54) is 17.0 Å². The topological polar surface area (TPSA) is 108 Å². The number of amides is 3. The van der Waals surface area contributed by atoms with E-state index >= 15 is 0 Å². The fourth-order valence-electron chi connectivity index (χ4n) is 3.65. The number of carbonyl (C=O) groups is 3. The van der Waals surface area contributed by atoms with Gasteiger partial charge in [-0.25, -0.2) is 4.79 Å². The minimum Gasteiger partial charge on any atom is -0.508 e. The van der Waals surface area contributed by atoms with Gasteiger partial charge in [0, 0.05) is 17.3 Å². The van der Waals surface area contributed by atoms with Gasteiger partial charge in [0.2, 0.25) is 11.8 Å². The van der Waals surface area contributed by atoms with Gasteiger partial charge in [-0.3, -0.25) is 9.59 Å². The van der Waals surface area contributed by atoms with E-state index in [1.807, 2.05) is 34.6 Å². The summed E-state index contributed by atoms with van der Waals surface area (Å²) < 4.78 is 5.34. The number of benzene rings is 1. The molecule has 0 fully saturated rings. The molecular weight excluding hydrogens is 466 g/mol. The standard InChI is InChI=1S/C26H43N3O5S/c1-9-11-17(3)27-22(31)21(18-12-14-19(30)15-13-18)29(26(7,8)10-2)23(32)20(16-35)28-24(33)34-25(4,5)6/h12-15,17,20-21,30,35H,9-11,16H2,1-8H3,(H,27,31)(H,28,33). The number of alkyl carbamates (subject to hydrolysis) is 1. The van der Waals surface area contributed by atoms with Crippen molar-refractivity contribution < 1.29 is 24.2 Å². The predicted octanol–water partition coefficient (Wildman–Crippen LogP) is 4.58. The van der Waals surface area contributed by atoms with Gasteiger partial charge >= 0.3 is 6.09 Å². The monoisotopic (exact) mass is 509 g/mol. The maximum absolute atomic E-state index is 14.0. The van der Waals surface area contributed by atoms with Crippen molar-refractivity contribution >= 4 is 30.5 Å². The van der Waals surface area contributed by atoms with Crippen LogP contribution in [0.3, 0.4) is 0 Å². The summed E-state index contributed by atoms with van der Waals surface area (Å²) in [5, 5.41) is 15.5. The van der Waals surface area contributed by atoms with Gasteiger partial charge in [-0.1, -0.05) is 32.4 Å². The van der Waals surface area contributed by atoms with E-state index in [1.54, 1.807) is 32.9 Å². The summed E-state index contributed by atoms with van der Waals surface area (Å²) in [4.78, 5) is 41.6. The Bertz CT molecular complexity index is 852. The van der Waals surface area contributed by atoms with Crippen molar-refractivity contribution in [3.63, 3.8) is 0 Å². The third-order valence-corrected chi connectivity index (χ3v) is 6.12. The first kappa shape index (κ1) is 30.6. The highest BCUT2D eigenvalue weighted by molar-refractivity contribution is 7.80. The molecule has 3 N–H and O–H groups in total. The summed E-state index contributed by atoms with van der Waals surface area (Å²) in [6.07, 6.45) is 1.51. The van der Waals surface area contributed by atoms with Gasteiger partial charge in [-0.05, 0) is 72.1 Å². The molecular formula is C26H43N3O5S. The Balaban J connectivity index is 3.52. The fourth-order valence-corrected chi connectivity index (χ4v) is 3.90. The molecule has 0 bridgehead atoms. The molecule has 1 aromatic carbocycles. The number of rotatable bonds is 11. The molecule has 0 saturated heterocycles. The quantitative estimate of drug-likeness (QED) is 0.327. The van der Waals surface area contributed by atoms with E-state index in [4.69, 9.17) is 4.74 Å². The first-order valence-corrected chi connectivity index (χ1v) is 12.8. The second-order valence-electron chi connectivity index (χ2n) is 10.4. The summed E-state index contributed by atoms with van der Waals surface area (Å²) in [6.45, 7) is 14.9. The maximum atomic E-state index is 14.0. The summed E-state index contributed by atoms with van der Waals surface area (Å²) >= 11 is 4.31. The maximum Gasteiger partial charge on any atom is 0.408 e. The van der Waals surface area contributed by atoms with Crippen molar-refractivity contribution in [2.75, 3.05) is 5.75 Å². The normalized spacial score (nSPS) is 14.4. The van der Waals surface area contributed by atoms with E-state index in [2.05, 4.69) is 23.3 Å². The second kappa shape index (κ2) is 13.0. The summed E-state index contributed by atoms with van der Waals surface area (Å²) in [6, 6.07) is 4.15. The number of hydrogen-bond donors (Lipinski definition) is 4. The molecule has 198 valence electrons. The molecule has 3 unspecified atom stereocenters. The number of aromatic hydroxyl groups is 1.